The molecule has 0 saturated carbocycles. The van der Waals surface area contributed by atoms with Crippen LogP contribution in [0.5, 0.6) is 5.75 Å². The summed E-state index contributed by atoms with van der Waals surface area (Å²) in [4.78, 5) is 0.125. The molecule has 0 spiro atoms. The Morgan fingerprint density at radius 1 is 1.15 bits per heavy atom. The second-order valence-electron chi connectivity index (χ2n) is 4.24. The highest BCUT2D eigenvalue weighted by Gasteiger charge is 2.15. The number of methoxy groups -OCH3 is 1. The molecule has 0 aromatic heterocycles. The summed E-state index contributed by atoms with van der Waals surface area (Å²) in [6.07, 6.45) is 0. The molecule has 0 atom stereocenters. The zero-order chi connectivity index (χ0) is 14.8. The molecule has 106 valence electrons. The fourth-order valence-electron chi connectivity index (χ4n) is 1.72. The van der Waals surface area contributed by atoms with Crippen LogP contribution in [0.3, 0.4) is 0 Å². The number of sulfonamides is 1. The summed E-state index contributed by atoms with van der Waals surface area (Å²) >= 11 is 5.82. The second kappa shape index (κ2) is 5.73. The molecule has 0 radical (unpaired) electrons. The predicted molar refractivity (Wildman–Crippen MR) is 80.0 cm³/mol. The van der Waals surface area contributed by atoms with E-state index in [4.69, 9.17) is 16.3 Å². The Labute approximate surface area is 123 Å². The van der Waals surface area contributed by atoms with Crippen LogP contribution < -0.4 is 9.46 Å². The summed E-state index contributed by atoms with van der Waals surface area (Å²) in [6.45, 7) is 1.80. The third-order valence-corrected chi connectivity index (χ3v) is 4.38. The van der Waals surface area contributed by atoms with Gasteiger partial charge in [0.1, 0.15) is 5.75 Å². The van der Waals surface area contributed by atoms with Gasteiger partial charge in [0.2, 0.25) is 0 Å². The van der Waals surface area contributed by atoms with E-state index in [0.29, 0.717) is 16.5 Å². The highest BCUT2D eigenvalue weighted by atomic mass is 35.5. The smallest absolute Gasteiger partial charge is 0.261 e. The second-order valence-corrected chi connectivity index (χ2v) is 6.36. The fourth-order valence-corrected chi connectivity index (χ4v) is 3.15. The van der Waals surface area contributed by atoms with Crippen LogP contribution in [-0.2, 0) is 10.0 Å². The summed E-state index contributed by atoms with van der Waals surface area (Å²) in [5.74, 6) is 0.674. The maximum Gasteiger partial charge on any atom is 0.261 e. The van der Waals surface area contributed by atoms with E-state index >= 15 is 0 Å². The van der Waals surface area contributed by atoms with Gasteiger partial charge in [0, 0.05) is 5.02 Å². The van der Waals surface area contributed by atoms with Crippen molar-refractivity contribution in [2.24, 2.45) is 0 Å². The van der Waals surface area contributed by atoms with E-state index in [2.05, 4.69) is 4.72 Å². The lowest BCUT2D eigenvalue weighted by atomic mass is 10.2. The van der Waals surface area contributed by atoms with Gasteiger partial charge in [-0.2, -0.15) is 0 Å². The van der Waals surface area contributed by atoms with Crippen LogP contribution in [0, 0.1) is 6.92 Å². The number of halogens is 1. The van der Waals surface area contributed by atoms with Crippen molar-refractivity contribution in [2.45, 2.75) is 11.8 Å². The molecule has 0 saturated heterocycles. The monoisotopic (exact) mass is 311 g/mol. The zero-order valence-electron chi connectivity index (χ0n) is 11.1. The van der Waals surface area contributed by atoms with Gasteiger partial charge in [0.25, 0.3) is 10.0 Å². The molecule has 0 aliphatic rings. The lowest BCUT2D eigenvalue weighted by Gasteiger charge is -2.11. The van der Waals surface area contributed by atoms with Crippen molar-refractivity contribution >= 4 is 27.3 Å². The van der Waals surface area contributed by atoms with Crippen LogP contribution >= 0.6 is 11.6 Å². The van der Waals surface area contributed by atoms with Gasteiger partial charge in [-0.25, -0.2) is 8.42 Å². The molecule has 20 heavy (non-hydrogen) atoms. The Bertz CT molecular complexity index is 729. The van der Waals surface area contributed by atoms with Crippen LogP contribution in [0.4, 0.5) is 5.69 Å². The molecule has 2 rings (SSSR count). The predicted octanol–water partition coefficient (Wildman–Crippen LogP) is 3.46. The largest absolute Gasteiger partial charge is 0.497 e. The average Bonchev–Trinajstić information content (AvgIpc) is 2.41. The van der Waals surface area contributed by atoms with E-state index in [9.17, 15) is 8.42 Å². The van der Waals surface area contributed by atoms with Gasteiger partial charge >= 0.3 is 0 Å². The molecular formula is C14H14ClNO3S. The van der Waals surface area contributed by atoms with Gasteiger partial charge in [-0.05, 0) is 48.9 Å². The topological polar surface area (TPSA) is 55.4 Å². The highest BCUT2D eigenvalue weighted by Crippen LogP contribution is 2.24. The van der Waals surface area contributed by atoms with Gasteiger partial charge in [-0.1, -0.05) is 17.7 Å². The van der Waals surface area contributed by atoms with Crippen molar-refractivity contribution in [1.29, 1.82) is 0 Å². The average molecular weight is 312 g/mol. The maximum atomic E-state index is 12.3. The normalized spacial score (nSPS) is 11.2. The number of aryl methyl sites for hydroxylation is 1. The summed E-state index contributed by atoms with van der Waals surface area (Å²) in [6, 6.07) is 11.2. The molecule has 0 bridgehead atoms. The van der Waals surface area contributed by atoms with Crippen molar-refractivity contribution in [3.05, 3.63) is 53.1 Å². The number of rotatable bonds is 4. The molecule has 0 amide bonds. The minimum absolute atomic E-state index is 0.125. The van der Waals surface area contributed by atoms with E-state index < -0.39 is 10.0 Å². The van der Waals surface area contributed by atoms with Crippen molar-refractivity contribution in [2.75, 3.05) is 11.8 Å². The van der Waals surface area contributed by atoms with Crippen LogP contribution in [0.25, 0.3) is 0 Å². The molecule has 1 N–H and O–H groups in total. The first kappa shape index (κ1) is 14.7. The first-order valence-electron chi connectivity index (χ1n) is 5.85. The summed E-state index contributed by atoms with van der Waals surface area (Å²) in [5.41, 5.74) is 1.28. The number of ether oxygens (including phenoxy) is 1. The van der Waals surface area contributed by atoms with Crippen molar-refractivity contribution in [3.8, 4) is 5.75 Å². The number of hydrogen-bond donors (Lipinski definition) is 1. The molecule has 2 aromatic rings. The van der Waals surface area contributed by atoms with Gasteiger partial charge in [0.05, 0.1) is 17.7 Å². The Morgan fingerprint density at radius 3 is 2.50 bits per heavy atom. The molecular weight excluding hydrogens is 298 g/mol. The molecule has 0 fully saturated rings. The Morgan fingerprint density at radius 2 is 1.90 bits per heavy atom. The third kappa shape index (κ3) is 3.23. The number of nitrogens with one attached hydrogen (secondary N) is 1. The molecule has 4 nitrogen and oxygen atoms in total. The zero-order valence-corrected chi connectivity index (χ0v) is 12.6. The van der Waals surface area contributed by atoms with Gasteiger partial charge < -0.3 is 4.74 Å². The lowest BCUT2D eigenvalue weighted by Crippen LogP contribution is -2.13. The molecule has 0 aliphatic carbocycles. The van der Waals surface area contributed by atoms with Crippen molar-refractivity contribution in [3.63, 3.8) is 0 Å². The van der Waals surface area contributed by atoms with Crippen LogP contribution in [0.15, 0.2) is 47.4 Å². The van der Waals surface area contributed by atoms with E-state index in [1.54, 1.807) is 44.4 Å². The Kier molecular flexibility index (Phi) is 4.20. The van der Waals surface area contributed by atoms with Gasteiger partial charge in [-0.15, -0.1) is 0 Å². The fraction of sp³-hybridized carbons (Fsp3) is 0.143. The van der Waals surface area contributed by atoms with Gasteiger partial charge in [0.15, 0.2) is 0 Å². The standard InChI is InChI=1S/C14H14ClNO3S/c1-10-8-12(19-2)6-7-14(10)16-20(17,18)13-5-3-4-11(15)9-13/h3-9,16H,1-2H3. The van der Waals surface area contributed by atoms with E-state index in [0.717, 1.165) is 5.56 Å². The van der Waals surface area contributed by atoms with Crippen LogP contribution in [0.1, 0.15) is 5.56 Å². The lowest BCUT2D eigenvalue weighted by molar-refractivity contribution is 0.414. The van der Waals surface area contributed by atoms with Crippen molar-refractivity contribution < 1.29 is 13.2 Å². The van der Waals surface area contributed by atoms with Crippen LogP contribution in [-0.4, -0.2) is 15.5 Å². The Balaban J connectivity index is 2.33. The molecule has 6 heteroatoms. The first-order valence-corrected chi connectivity index (χ1v) is 7.71. The molecule has 0 heterocycles. The summed E-state index contributed by atoms with van der Waals surface area (Å²) < 4.78 is 32.1. The minimum Gasteiger partial charge on any atom is -0.497 e. The maximum absolute atomic E-state index is 12.3. The quantitative estimate of drug-likeness (QED) is 0.940. The minimum atomic E-state index is -3.65. The number of benzene rings is 2. The SMILES string of the molecule is COc1ccc(NS(=O)(=O)c2cccc(Cl)c2)c(C)c1. The molecule has 0 aliphatic heterocycles. The first-order chi connectivity index (χ1) is 9.42. The van der Waals surface area contributed by atoms with E-state index in [-0.39, 0.29) is 4.90 Å². The number of anilines is 1. The Hall–Kier alpha value is -1.72. The van der Waals surface area contributed by atoms with E-state index in [1.165, 1.54) is 12.1 Å². The third-order valence-electron chi connectivity index (χ3n) is 2.78. The van der Waals surface area contributed by atoms with Crippen molar-refractivity contribution in [1.82, 2.24) is 0 Å². The van der Waals surface area contributed by atoms with E-state index in [1.807, 2.05) is 0 Å². The highest BCUT2D eigenvalue weighted by molar-refractivity contribution is 7.92. The molecule has 0 unspecified atom stereocenters. The van der Waals surface area contributed by atoms with Gasteiger partial charge in [-0.3, -0.25) is 4.72 Å². The molecule has 2 aromatic carbocycles. The van der Waals surface area contributed by atoms with Crippen LogP contribution in [0.2, 0.25) is 5.02 Å². The summed E-state index contributed by atoms with van der Waals surface area (Å²) in [5, 5.41) is 0.374. The number of hydrogen-bond acceptors (Lipinski definition) is 3. The summed E-state index contributed by atoms with van der Waals surface area (Å²) in [7, 11) is -2.09.